The maximum Gasteiger partial charge on any atom is 0.277 e. The Morgan fingerprint density at radius 2 is 2.05 bits per heavy atom. The number of rotatable bonds is 6. The van der Waals surface area contributed by atoms with Crippen molar-refractivity contribution in [1.82, 2.24) is 5.43 Å². The molecule has 0 unspecified atom stereocenters. The van der Waals surface area contributed by atoms with Crippen molar-refractivity contribution in [2.75, 3.05) is 13.7 Å². The van der Waals surface area contributed by atoms with E-state index < -0.39 is 0 Å². The van der Waals surface area contributed by atoms with E-state index in [9.17, 15) is 4.79 Å². The number of amides is 1. The molecular weight excluding hydrogens is 348 g/mol. The van der Waals surface area contributed by atoms with Gasteiger partial charge in [-0.1, -0.05) is 18.2 Å². The second-order valence-corrected chi connectivity index (χ2v) is 5.14. The third-order valence-electron chi connectivity index (χ3n) is 2.69. The molecule has 0 bridgehead atoms. The zero-order valence-corrected chi connectivity index (χ0v) is 13.5. The first-order valence-corrected chi connectivity index (χ1v) is 7.31. The zero-order valence-electron chi connectivity index (χ0n) is 12.0. The SMILES string of the molecule is COc1ccc(/C=N/NC(=O)COc2ccccc2)cc1Br. The largest absolute Gasteiger partial charge is 0.496 e. The minimum atomic E-state index is -0.326. The van der Waals surface area contributed by atoms with E-state index in [4.69, 9.17) is 9.47 Å². The van der Waals surface area contributed by atoms with Crippen molar-refractivity contribution in [2.45, 2.75) is 0 Å². The van der Waals surface area contributed by atoms with Crippen LogP contribution in [0, 0.1) is 0 Å². The molecule has 114 valence electrons. The molecule has 0 spiro atoms. The Hall–Kier alpha value is -2.34. The number of hydrazone groups is 1. The smallest absolute Gasteiger partial charge is 0.277 e. The predicted octanol–water partition coefficient (Wildman–Crippen LogP) is 2.99. The molecule has 0 aliphatic carbocycles. The summed E-state index contributed by atoms with van der Waals surface area (Å²) in [7, 11) is 1.60. The molecule has 0 saturated carbocycles. The number of halogens is 1. The predicted molar refractivity (Wildman–Crippen MR) is 88.4 cm³/mol. The first kappa shape index (κ1) is 16.0. The summed E-state index contributed by atoms with van der Waals surface area (Å²) in [4.78, 5) is 11.6. The van der Waals surface area contributed by atoms with E-state index >= 15 is 0 Å². The van der Waals surface area contributed by atoms with Gasteiger partial charge in [-0.25, -0.2) is 5.43 Å². The number of methoxy groups -OCH3 is 1. The van der Waals surface area contributed by atoms with Gasteiger partial charge in [0, 0.05) is 0 Å². The number of nitrogens with zero attached hydrogens (tertiary/aromatic N) is 1. The van der Waals surface area contributed by atoms with Gasteiger partial charge in [-0.3, -0.25) is 4.79 Å². The maximum absolute atomic E-state index is 11.6. The second-order valence-electron chi connectivity index (χ2n) is 4.29. The summed E-state index contributed by atoms with van der Waals surface area (Å²) >= 11 is 3.38. The quantitative estimate of drug-likeness (QED) is 0.634. The normalized spacial score (nSPS) is 10.5. The van der Waals surface area contributed by atoms with Crippen LogP contribution < -0.4 is 14.9 Å². The van der Waals surface area contributed by atoms with Crippen LogP contribution in [0.25, 0.3) is 0 Å². The molecular formula is C16H15BrN2O3. The standard InChI is InChI=1S/C16H15BrN2O3/c1-21-15-8-7-12(9-14(15)17)10-18-19-16(20)11-22-13-5-3-2-4-6-13/h2-10H,11H2,1H3,(H,19,20)/b18-10+. The van der Waals surface area contributed by atoms with Gasteiger partial charge in [0.2, 0.25) is 0 Å². The van der Waals surface area contributed by atoms with Crippen LogP contribution in [-0.4, -0.2) is 25.8 Å². The lowest BCUT2D eigenvalue weighted by molar-refractivity contribution is -0.123. The highest BCUT2D eigenvalue weighted by Crippen LogP contribution is 2.24. The Bertz CT molecular complexity index is 660. The van der Waals surface area contributed by atoms with Gasteiger partial charge in [0.05, 0.1) is 17.8 Å². The van der Waals surface area contributed by atoms with E-state index in [0.717, 1.165) is 15.8 Å². The van der Waals surface area contributed by atoms with Crippen molar-refractivity contribution in [3.05, 3.63) is 58.6 Å². The number of carbonyl (C=O) groups is 1. The molecule has 0 aliphatic heterocycles. The molecule has 1 N–H and O–H groups in total. The Labute approximate surface area is 137 Å². The number of carbonyl (C=O) groups excluding carboxylic acids is 1. The fourth-order valence-electron chi connectivity index (χ4n) is 1.64. The van der Waals surface area contributed by atoms with Crippen LogP contribution in [0.5, 0.6) is 11.5 Å². The molecule has 2 aromatic rings. The van der Waals surface area contributed by atoms with Crippen molar-refractivity contribution in [2.24, 2.45) is 5.10 Å². The molecule has 0 aliphatic rings. The molecule has 0 atom stereocenters. The van der Waals surface area contributed by atoms with E-state index in [2.05, 4.69) is 26.5 Å². The Morgan fingerprint density at radius 3 is 2.73 bits per heavy atom. The van der Waals surface area contributed by atoms with Crippen molar-refractivity contribution in [3.8, 4) is 11.5 Å². The highest BCUT2D eigenvalue weighted by atomic mass is 79.9. The van der Waals surface area contributed by atoms with Crippen LogP contribution in [0.3, 0.4) is 0 Å². The molecule has 22 heavy (non-hydrogen) atoms. The second kappa shape index (κ2) is 8.19. The van der Waals surface area contributed by atoms with Crippen LogP contribution in [0.2, 0.25) is 0 Å². The molecule has 0 fully saturated rings. The van der Waals surface area contributed by atoms with Gasteiger partial charge < -0.3 is 9.47 Å². The Kier molecular flexibility index (Phi) is 5.97. The molecule has 0 saturated heterocycles. The lowest BCUT2D eigenvalue weighted by atomic mass is 10.2. The minimum Gasteiger partial charge on any atom is -0.496 e. The van der Waals surface area contributed by atoms with Gasteiger partial charge in [0.15, 0.2) is 6.61 Å². The van der Waals surface area contributed by atoms with E-state index in [1.54, 1.807) is 25.5 Å². The van der Waals surface area contributed by atoms with Gasteiger partial charge in [-0.15, -0.1) is 0 Å². The highest BCUT2D eigenvalue weighted by Gasteiger charge is 2.02. The number of hydrogen-bond donors (Lipinski definition) is 1. The number of hydrogen-bond acceptors (Lipinski definition) is 4. The third kappa shape index (κ3) is 4.89. The highest BCUT2D eigenvalue weighted by molar-refractivity contribution is 9.10. The average molecular weight is 363 g/mol. The monoisotopic (exact) mass is 362 g/mol. The van der Waals surface area contributed by atoms with Gasteiger partial charge in [0.25, 0.3) is 5.91 Å². The Morgan fingerprint density at radius 1 is 1.27 bits per heavy atom. The number of benzene rings is 2. The fraction of sp³-hybridized carbons (Fsp3) is 0.125. The van der Waals surface area contributed by atoms with Crippen LogP contribution in [0.15, 0.2) is 58.1 Å². The van der Waals surface area contributed by atoms with E-state index in [-0.39, 0.29) is 12.5 Å². The van der Waals surface area contributed by atoms with Crippen LogP contribution in [-0.2, 0) is 4.79 Å². The molecule has 1 amide bonds. The first-order valence-electron chi connectivity index (χ1n) is 6.52. The summed E-state index contributed by atoms with van der Waals surface area (Å²) in [6.07, 6.45) is 1.55. The van der Waals surface area contributed by atoms with Gasteiger partial charge in [0.1, 0.15) is 11.5 Å². The summed E-state index contributed by atoms with van der Waals surface area (Å²) in [5.41, 5.74) is 3.24. The third-order valence-corrected chi connectivity index (χ3v) is 3.31. The lowest BCUT2D eigenvalue weighted by Crippen LogP contribution is -2.24. The van der Waals surface area contributed by atoms with Crippen molar-refractivity contribution >= 4 is 28.1 Å². The van der Waals surface area contributed by atoms with E-state index in [0.29, 0.717) is 5.75 Å². The number of nitrogens with one attached hydrogen (secondary N) is 1. The number of ether oxygens (including phenoxy) is 2. The molecule has 2 rings (SSSR count). The summed E-state index contributed by atoms with van der Waals surface area (Å²) in [5, 5.41) is 3.88. The molecule has 2 aromatic carbocycles. The summed E-state index contributed by atoms with van der Waals surface area (Å²) in [5.74, 6) is 1.05. The fourth-order valence-corrected chi connectivity index (χ4v) is 2.20. The van der Waals surface area contributed by atoms with Gasteiger partial charge >= 0.3 is 0 Å². The zero-order chi connectivity index (χ0) is 15.8. The van der Waals surface area contributed by atoms with Crippen LogP contribution in [0.4, 0.5) is 0 Å². The van der Waals surface area contributed by atoms with Crippen molar-refractivity contribution in [3.63, 3.8) is 0 Å². The summed E-state index contributed by atoms with van der Waals surface area (Å²) < 4.78 is 11.3. The lowest BCUT2D eigenvalue weighted by Gasteiger charge is -2.04. The topological polar surface area (TPSA) is 59.9 Å². The molecule has 0 heterocycles. The van der Waals surface area contributed by atoms with Crippen LogP contribution in [0.1, 0.15) is 5.56 Å². The average Bonchev–Trinajstić information content (AvgIpc) is 2.54. The van der Waals surface area contributed by atoms with Gasteiger partial charge in [-0.05, 0) is 51.8 Å². The first-order chi connectivity index (χ1) is 10.7. The van der Waals surface area contributed by atoms with Crippen molar-refractivity contribution < 1.29 is 14.3 Å². The molecule has 0 radical (unpaired) electrons. The van der Waals surface area contributed by atoms with Crippen molar-refractivity contribution in [1.29, 1.82) is 0 Å². The maximum atomic E-state index is 11.6. The molecule has 0 aromatic heterocycles. The summed E-state index contributed by atoms with van der Waals surface area (Å²) in [6.45, 7) is -0.0896. The minimum absolute atomic E-state index is 0.0896. The number of para-hydroxylation sites is 1. The molecule has 5 nitrogen and oxygen atoms in total. The Balaban J connectivity index is 1.81. The summed E-state index contributed by atoms with van der Waals surface area (Å²) in [6, 6.07) is 14.6. The van der Waals surface area contributed by atoms with E-state index in [1.165, 1.54) is 0 Å². The molecule has 6 heteroatoms. The van der Waals surface area contributed by atoms with Crippen LogP contribution >= 0.6 is 15.9 Å². The van der Waals surface area contributed by atoms with E-state index in [1.807, 2.05) is 36.4 Å². The van der Waals surface area contributed by atoms with Gasteiger partial charge in [-0.2, -0.15) is 5.10 Å².